The first kappa shape index (κ1) is 14.2. The van der Waals surface area contributed by atoms with Crippen molar-refractivity contribution in [3.63, 3.8) is 0 Å². The number of carbonyl (C=O) groups is 2. The lowest BCUT2D eigenvalue weighted by Crippen LogP contribution is -2.09. The second-order valence-corrected chi connectivity index (χ2v) is 3.93. The monoisotopic (exact) mass is 250 g/mol. The van der Waals surface area contributed by atoms with Gasteiger partial charge in [-0.2, -0.15) is 0 Å². The van der Waals surface area contributed by atoms with Gasteiger partial charge in [-0.05, 0) is 31.5 Å². The maximum atomic E-state index is 11.1. The molecule has 1 aromatic carbocycles. The van der Waals surface area contributed by atoms with Crippen LogP contribution in [0.3, 0.4) is 0 Å². The van der Waals surface area contributed by atoms with Gasteiger partial charge in [-0.25, -0.2) is 0 Å². The van der Waals surface area contributed by atoms with Gasteiger partial charge in [0.15, 0.2) is 0 Å². The molecule has 0 aliphatic rings. The first-order chi connectivity index (χ1) is 8.61. The Labute approximate surface area is 107 Å². The molecule has 0 saturated carbocycles. The van der Waals surface area contributed by atoms with E-state index in [1.165, 1.54) is 0 Å². The van der Waals surface area contributed by atoms with Crippen LogP contribution in [0.15, 0.2) is 24.3 Å². The molecule has 0 saturated heterocycles. The molecule has 0 aromatic heterocycles. The van der Waals surface area contributed by atoms with Gasteiger partial charge in [0.1, 0.15) is 11.5 Å². The van der Waals surface area contributed by atoms with Crippen LogP contribution < -0.4 is 4.74 Å². The van der Waals surface area contributed by atoms with Crippen LogP contribution in [0.25, 0.3) is 0 Å². The van der Waals surface area contributed by atoms with Crippen molar-refractivity contribution in [2.45, 2.75) is 26.7 Å². The van der Waals surface area contributed by atoms with Crippen molar-refractivity contribution in [1.82, 2.24) is 0 Å². The quantitative estimate of drug-likeness (QED) is 0.696. The summed E-state index contributed by atoms with van der Waals surface area (Å²) in [5.74, 6) is 0.559. The highest BCUT2D eigenvalue weighted by atomic mass is 16.5. The zero-order chi connectivity index (χ0) is 13.4. The third-order valence-electron chi connectivity index (χ3n) is 2.26. The number of benzene rings is 1. The number of hydrogen-bond donors (Lipinski definition) is 0. The summed E-state index contributed by atoms with van der Waals surface area (Å²) < 4.78 is 10.2. The van der Waals surface area contributed by atoms with Gasteiger partial charge in [-0.3, -0.25) is 9.59 Å². The summed E-state index contributed by atoms with van der Waals surface area (Å²) in [6.45, 7) is 4.01. The minimum atomic E-state index is -0.259. The van der Waals surface area contributed by atoms with Gasteiger partial charge in [-0.1, -0.05) is 12.1 Å². The van der Waals surface area contributed by atoms with E-state index in [0.29, 0.717) is 25.4 Å². The van der Waals surface area contributed by atoms with Crippen LogP contribution in [0.4, 0.5) is 0 Å². The Balaban J connectivity index is 2.35. The van der Waals surface area contributed by atoms with Gasteiger partial charge in [0.05, 0.1) is 19.6 Å². The zero-order valence-corrected chi connectivity index (χ0v) is 10.8. The Hall–Kier alpha value is -1.84. The SMILES string of the molecule is CCOC(=O)CCOc1ccc(CC(C)=O)cc1. The summed E-state index contributed by atoms with van der Waals surface area (Å²) in [6, 6.07) is 7.29. The molecule has 0 spiro atoms. The van der Waals surface area contributed by atoms with Gasteiger partial charge in [0.25, 0.3) is 0 Å². The number of carbonyl (C=O) groups excluding carboxylic acids is 2. The summed E-state index contributed by atoms with van der Waals surface area (Å²) in [6.07, 6.45) is 0.673. The van der Waals surface area contributed by atoms with E-state index < -0.39 is 0 Å². The molecule has 0 bridgehead atoms. The minimum Gasteiger partial charge on any atom is -0.493 e. The Bertz CT molecular complexity index is 395. The number of hydrogen-bond acceptors (Lipinski definition) is 4. The van der Waals surface area contributed by atoms with Gasteiger partial charge < -0.3 is 9.47 Å². The van der Waals surface area contributed by atoms with Crippen molar-refractivity contribution in [1.29, 1.82) is 0 Å². The highest BCUT2D eigenvalue weighted by molar-refractivity contribution is 5.78. The molecule has 0 unspecified atom stereocenters. The van der Waals surface area contributed by atoms with Crippen LogP contribution in [0.1, 0.15) is 25.8 Å². The molecule has 0 radical (unpaired) electrons. The van der Waals surface area contributed by atoms with E-state index in [-0.39, 0.29) is 18.2 Å². The molecule has 0 heterocycles. The van der Waals surface area contributed by atoms with E-state index >= 15 is 0 Å². The normalized spacial score (nSPS) is 9.89. The van der Waals surface area contributed by atoms with Crippen molar-refractivity contribution in [2.24, 2.45) is 0 Å². The summed E-state index contributed by atoms with van der Waals surface area (Å²) in [5, 5.41) is 0. The molecule has 0 N–H and O–H groups in total. The number of Topliss-reactive ketones (excluding diaryl/α,β-unsaturated/α-hetero) is 1. The van der Waals surface area contributed by atoms with Crippen molar-refractivity contribution in [2.75, 3.05) is 13.2 Å². The predicted molar refractivity (Wildman–Crippen MR) is 67.6 cm³/mol. The largest absolute Gasteiger partial charge is 0.493 e. The molecule has 0 amide bonds. The molecular formula is C14H18O4. The third kappa shape index (κ3) is 5.48. The topological polar surface area (TPSA) is 52.6 Å². The fraction of sp³-hybridized carbons (Fsp3) is 0.429. The molecular weight excluding hydrogens is 232 g/mol. The van der Waals surface area contributed by atoms with Gasteiger partial charge in [0.2, 0.25) is 0 Å². The van der Waals surface area contributed by atoms with E-state index in [1.807, 2.05) is 12.1 Å². The Morgan fingerprint density at radius 3 is 2.39 bits per heavy atom. The van der Waals surface area contributed by atoms with Crippen molar-refractivity contribution in [3.8, 4) is 5.75 Å². The van der Waals surface area contributed by atoms with E-state index in [2.05, 4.69) is 0 Å². The molecule has 4 heteroatoms. The van der Waals surface area contributed by atoms with Crippen LogP contribution in [0, 0.1) is 0 Å². The Morgan fingerprint density at radius 2 is 1.83 bits per heavy atom. The highest BCUT2D eigenvalue weighted by Crippen LogP contribution is 2.13. The summed E-state index contributed by atoms with van der Waals surface area (Å²) in [5.41, 5.74) is 0.959. The predicted octanol–water partition coefficient (Wildman–Crippen LogP) is 2.15. The van der Waals surface area contributed by atoms with Gasteiger partial charge >= 0.3 is 5.97 Å². The number of ether oxygens (including phenoxy) is 2. The fourth-order valence-electron chi connectivity index (χ4n) is 1.48. The molecule has 0 aliphatic carbocycles. The van der Waals surface area contributed by atoms with Crippen LogP contribution in [0.5, 0.6) is 5.75 Å². The maximum Gasteiger partial charge on any atom is 0.309 e. The Kier molecular flexibility index (Phi) is 5.91. The highest BCUT2D eigenvalue weighted by Gasteiger charge is 2.02. The summed E-state index contributed by atoms with van der Waals surface area (Å²) in [7, 11) is 0. The smallest absolute Gasteiger partial charge is 0.309 e. The molecule has 0 fully saturated rings. The van der Waals surface area contributed by atoms with E-state index in [9.17, 15) is 9.59 Å². The van der Waals surface area contributed by atoms with Crippen LogP contribution in [-0.2, 0) is 20.7 Å². The lowest BCUT2D eigenvalue weighted by molar-refractivity contribution is -0.143. The van der Waals surface area contributed by atoms with Crippen LogP contribution in [0.2, 0.25) is 0 Å². The zero-order valence-electron chi connectivity index (χ0n) is 10.8. The molecule has 1 aromatic rings. The molecule has 98 valence electrons. The van der Waals surface area contributed by atoms with E-state index in [0.717, 1.165) is 5.56 Å². The molecule has 0 atom stereocenters. The molecule has 18 heavy (non-hydrogen) atoms. The molecule has 4 nitrogen and oxygen atoms in total. The number of esters is 1. The second kappa shape index (κ2) is 7.48. The summed E-state index contributed by atoms with van der Waals surface area (Å²) >= 11 is 0. The van der Waals surface area contributed by atoms with E-state index in [4.69, 9.17) is 9.47 Å². The lowest BCUT2D eigenvalue weighted by atomic mass is 10.1. The maximum absolute atomic E-state index is 11.1. The third-order valence-corrected chi connectivity index (χ3v) is 2.26. The first-order valence-corrected chi connectivity index (χ1v) is 5.98. The Morgan fingerprint density at radius 1 is 1.17 bits per heavy atom. The second-order valence-electron chi connectivity index (χ2n) is 3.93. The first-order valence-electron chi connectivity index (χ1n) is 5.98. The van der Waals surface area contributed by atoms with Crippen molar-refractivity contribution < 1.29 is 19.1 Å². The fourth-order valence-corrected chi connectivity index (χ4v) is 1.48. The summed E-state index contributed by atoms with van der Waals surface area (Å²) in [4.78, 5) is 22.0. The minimum absolute atomic E-state index is 0.131. The van der Waals surface area contributed by atoms with Crippen molar-refractivity contribution in [3.05, 3.63) is 29.8 Å². The lowest BCUT2D eigenvalue weighted by Gasteiger charge is -2.06. The van der Waals surface area contributed by atoms with E-state index in [1.54, 1.807) is 26.0 Å². The van der Waals surface area contributed by atoms with Crippen molar-refractivity contribution >= 4 is 11.8 Å². The van der Waals surface area contributed by atoms with Crippen LogP contribution in [-0.4, -0.2) is 25.0 Å². The average Bonchev–Trinajstić information content (AvgIpc) is 2.31. The number of ketones is 1. The van der Waals surface area contributed by atoms with Gasteiger partial charge in [-0.15, -0.1) is 0 Å². The average molecular weight is 250 g/mol. The van der Waals surface area contributed by atoms with Crippen LogP contribution >= 0.6 is 0 Å². The molecule has 0 aliphatic heterocycles. The van der Waals surface area contributed by atoms with Gasteiger partial charge in [0, 0.05) is 6.42 Å². The molecule has 1 rings (SSSR count). The standard InChI is InChI=1S/C14H18O4/c1-3-17-14(16)8-9-18-13-6-4-12(5-7-13)10-11(2)15/h4-7H,3,8-10H2,1-2H3. The number of rotatable bonds is 7.